The summed E-state index contributed by atoms with van der Waals surface area (Å²) in [6.07, 6.45) is -1.45. The number of likely N-dealkylation sites (tertiary alicyclic amines) is 1. The van der Waals surface area contributed by atoms with Crippen molar-refractivity contribution in [1.29, 1.82) is 0 Å². The first-order valence-electron chi connectivity index (χ1n) is 8.24. The van der Waals surface area contributed by atoms with Gasteiger partial charge in [0.1, 0.15) is 9.84 Å². The molecule has 1 saturated heterocycles. The molecule has 0 radical (unpaired) electrons. The highest BCUT2D eigenvalue weighted by atomic mass is 32.2. The van der Waals surface area contributed by atoms with Crippen LogP contribution in [-0.4, -0.2) is 56.0 Å². The maximum atomic E-state index is 12.8. The number of piperidine rings is 1. The number of hydrogen-bond acceptors (Lipinski definition) is 6. The van der Waals surface area contributed by atoms with Gasteiger partial charge in [-0.15, -0.1) is 0 Å². The molecule has 0 atom stereocenters. The van der Waals surface area contributed by atoms with E-state index < -0.39 is 21.6 Å². The molecule has 1 aliphatic heterocycles. The molecular formula is C16H20F3N3O2S2. The number of nitrogens with zero attached hydrogens (tertiary/aromatic N) is 2. The number of aromatic nitrogens is 1. The van der Waals surface area contributed by atoms with Crippen molar-refractivity contribution < 1.29 is 21.6 Å². The largest absolute Gasteiger partial charge is 0.416 e. The summed E-state index contributed by atoms with van der Waals surface area (Å²) < 4.78 is 61.5. The van der Waals surface area contributed by atoms with Crippen LogP contribution in [0.5, 0.6) is 0 Å². The Kier molecular flexibility index (Phi) is 5.45. The van der Waals surface area contributed by atoms with Crippen molar-refractivity contribution in [1.82, 2.24) is 9.88 Å². The second kappa shape index (κ2) is 7.32. The third-order valence-electron chi connectivity index (χ3n) is 4.41. The Balaban J connectivity index is 1.58. The van der Waals surface area contributed by atoms with Gasteiger partial charge in [0.05, 0.1) is 21.5 Å². The molecule has 0 spiro atoms. The van der Waals surface area contributed by atoms with Crippen LogP contribution in [0.4, 0.5) is 18.3 Å². The quantitative estimate of drug-likeness (QED) is 0.825. The van der Waals surface area contributed by atoms with Gasteiger partial charge in [-0.2, -0.15) is 13.2 Å². The first kappa shape index (κ1) is 19.4. The smallest absolute Gasteiger partial charge is 0.359 e. The minimum atomic E-state index is -4.37. The highest BCUT2D eigenvalue weighted by molar-refractivity contribution is 7.90. The number of sulfone groups is 1. The molecule has 2 heterocycles. The molecule has 1 aromatic carbocycles. The Morgan fingerprint density at radius 1 is 1.31 bits per heavy atom. The van der Waals surface area contributed by atoms with Crippen LogP contribution in [0.3, 0.4) is 0 Å². The fourth-order valence-electron chi connectivity index (χ4n) is 2.94. The van der Waals surface area contributed by atoms with Crippen LogP contribution in [0, 0.1) is 0 Å². The number of alkyl halides is 3. The molecule has 2 aromatic rings. The summed E-state index contributed by atoms with van der Waals surface area (Å²) in [4.78, 5) is 6.40. The Hall–Kier alpha value is -1.39. The lowest BCUT2D eigenvalue weighted by atomic mass is 10.1. The predicted octanol–water partition coefficient (Wildman–Crippen LogP) is 3.24. The standard InChI is InChI=1S/C16H20F3N3O2S2/c1-26(23,24)9-8-22-6-4-12(5-7-22)20-15-21-13-10-11(16(17,18)19)2-3-14(13)25-15/h2-3,10,12H,4-9H2,1H3,(H,20,21). The predicted molar refractivity (Wildman–Crippen MR) is 97.4 cm³/mol. The van der Waals surface area contributed by atoms with Gasteiger partial charge in [0.2, 0.25) is 0 Å². The average Bonchev–Trinajstić information content (AvgIpc) is 2.94. The van der Waals surface area contributed by atoms with Crippen molar-refractivity contribution in [2.45, 2.75) is 25.1 Å². The van der Waals surface area contributed by atoms with Crippen LogP contribution < -0.4 is 5.32 Å². The van der Waals surface area contributed by atoms with Crippen LogP contribution >= 0.6 is 11.3 Å². The molecule has 1 aliphatic rings. The van der Waals surface area contributed by atoms with E-state index in [0.717, 1.165) is 38.1 Å². The molecular weight excluding hydrogens is 387 g/mol. The van der Waals surface area contributed by atoms with Gasteiger partial charge in [0.15, 0.2) is 5.13 Å². The zero-order valence-electron chi connectivity index (χ0n) is 14.2. The number of fused-ring (bicyclic) bond motifs is 1. The summed E-state index contributed by atoms with van der Waals surface area (Å²) in [5.74, 6) is 0.157. The highest BCUT2D eigenvalue weighted by Crippen LogP contribution is 2.34. The third kappa shape index (κ3) is 5.08. The van der Waals surface area contributed by atoms with Gasteiger partial charge in [-0.3, -0.25) is 0 Å². The highest BCUT2D eigenvalue weighted by Gasteiger charge is 2.31. The first-order chi connectivity index (χ1) is 12.1. The van der Waals surface area contributed by atoms with Gasteiger partial charge < -0.3 is 10.2 Å². The van der Waals surface area contributed by atoms with Gasteiger partial charge in [-0.25, -0.2) is 13.4 Å². The van der Waals surface area contributed by atoms with Crippen molar-refractivity contribution in [2.24, 2.45) is 0 Å². The van der Waals surface area contributed by atoms with E-state index in [4.69, 9.17) is 0 Å². The lowest BCUT2D eigenvalue weighted by molar-refractivity contribution is -0.137. The van der Waals surface area contributed by atoms with Gasteiger partial charge >= 0.3 is 6.18 Å². The van der Waals surface area contributed by atoms with Gasteiger partial charge in [-0.1, -0.05) is 11.3 Å². The van der Waals surface area contributed by atoms with Crippen LogP contribution in [-0.2, 0) is 16.0 Å². The number of anilines is 1. The van der Waals surface area contributed by atoms with E-state index in [-0.39, 0.29) is 11.8 Å². The van der Waals surface area contributed by atoms with Crippen molar-refractivity contribution >= 4 is 36.5 Å². The zero-order valence-corrected chi connectivity index (χ0v) is 15.8. The van der Waals surface area contributed by atoms with Crippen LogP contribution in [0.25, 0.3) is 10.2 Å². The fourth-order valence-corrected chi connectivity index (χ4v) is 4.45. The van der Waals surface area contributed by atoms with Crippen LogP contribution in [0.15, 0.2) is 18.2 Å². The number of halogens is 3. The molecule has 0 saturated carbocycles. The molecule has 0 amide bonds. The van der Waals surface area contributed by atoms with E-state index in [1.807, 2.05) is 0 Å². The minimum Gasteiger partial charge on any atom is -0.359 e. The number of thiazole rings is 1. The molecule has 3 rings (SSSR count). The molecule has 0 aliphatic carbocycles. The molecule has 1 aromatic heterocycles. The summed E-state index contributed by atoms with van der Waals surface area (Å²) in [7, 11) is -2.96. The molecule has 0 bridgehead atoms. The number of hydrogen-bond donors (Lipinski definition) is 1. The molecule has 10 heteroatoms. The van der Waals surface area contributed by atoms with Gasteiger partial charge in [-0.05, 0) is 31.0 Å². The van der Waals surface area contributed by atoms with E-state index in [1.54, 1.807) is 0 Å². The van der Waals surface area contributed by atoms with Crippen molar-refractivity contribution in [3.63, 3.8) is 0 Å². The van der Waals surface area contributed by atoms with E-state index in [2.05, 4.69) is 15.2 Å². The Morgan fingerprint density at radius 3 is 2.62 bits per heavy atom. The van der Waals surface area contributed by atoms with E-state index in [9.17, 15) is 21.6 Å². The first-order valence-corrected chi connectivity index (χ1v) is 11.1. The monoisotopic (exact) mass is 407 g/mol. The summed E-state index contributed by atoms with van der Waals surface area (Å²) in [6.45, 7) is 2.11. The number of rotatable bonds is 5. The van der Waals surface area contributed by atoms with Crippen molar-refractivity contribution in [3.05, 3.63) is 23.8 Å². The van der Waals surface area contributed by atoms with Crippen molar-refractivity contribution in [2.75, 3.05) is 37.0 Å². The summed E-state index contributed by atoms with van der Waals surface area (Å²) in [5.41, 5.74) is -0.348. The lowest BCUT2D eigenvalue weighted by Gasteiger charge is -2.32. The Labute approximate surface area is 154 Å². The van der Waals surface area contributed by atoms with Crippen LogP contribution in [0.2, 0.25) is 0 Å². The van der Waals surface area contributed by atoms with E-state index in [0.29, 0.717) is 21.9 Å². The summed E-state index contributed by atoms with van der Waals surface area (Å²) in [5, 5.41) is 3.92. The molecule has 0 unspecified atom stereocenters. The molecule has 1 N–H and O–H groups in total. The van der Waals surface area contributed by atoms with Crippen LogP contribution in [0.1, 0.15) is 18.4 Å². The maximum Gasteiger partial charge on any atom is 0.416 e. The SMILES string of the molecule is CS(=O)(=O)CCN1CCC(Nc2nc3cc(C(F)(F)F)ccc3s2)CC1. The third-order valence-corrected chi connectivity index (χ3v) is 6.30. The van der Waals surface area contributed by atoms with Gasteiger partial charge in [0.25, 0.3) is 0 Å². The van der Waals surface area contributed by atoms with E-state index >= 15 is 0 Å². The molecule has 1 fully saturated rings. The number of nitrogens with one attached hydrogen (secondary N) is 1. The Bertz CT molecular complexity index is 872. The fraction of sp³-hybridized carbons (Fsp3) is 0.562. The summed E-state index contributed by atoms with van der Waals surface area (Å²) >= 11 is 1.34. The second-order valence-electron chi connectivity index (χ2n) is 6.59. The lowest BCUT2D eigenvalue weighted by Crippen LogP contribution is -2.41. The normalized spacial score (nSPS) is 17.7. The summed E-state index contributed by atoms with van der Waals surface area (Å²) in [6, 6.07) is 3.79. The molecule has 26 heavy (non-hydrogen) atoms. The van der Waals surface area contributed by atoms with Crippen molar-refractivity contribution in [3.8, 4) is 0 Å². The Morgan fingerprint density at radius 2 is 2.00 bits per heavy atom. The minimum absolute atomic E-state index is 0.157. The molecule has 5 nitrogen and oxygen atoms in total. The topological polar surface area (TPSA) is 62.3 Å². The van der Waals surface area contributed by atoms with E-state index in [1.165, 1.54) is 23.7 Å². The van der Waals surface area contributed by atoms with Gasteiger partial charge in [0, 0.05) is 31.9 Å². The average molecular weight is 407 g/mol. The number of benzene rings is 1. The maximum absolute atomic E-state index is 12.8. The zero-order chi connectivity index (χ0) is 18.9. The molecule has 144 valence electrons. The second-order valence-corrected chi connectivity index (χ2v) is 9.88.